The zero-order chi connectivity index (χ0) is 14.1. The zero-order valence-electron chi connectivity index (χ0n) is 11.4. The van der Waals surface area contributed by atoms with Gasteiger partial charge in [0, 0.05) is 18.7 Å². The van der Waals surface area contributed by atoms with Crippen molar-refractivity contribution >= 4 is 11.4 Å². The summed E-state index contributed by atoms with van der Waals surface area (Å²) in [7, 11) is 1.58. The lowest BCUT2D eigenvalue weighted by Gasteiger charge is -2.20. The Hall–Kier alpha value is -2.04. The van der Waals surface area contributed by atoms with Crippen molar-refractivity contribution in [3.63, 3.8) is 0 Å². The Kier molecular flexibility index (Phi) is 3.34. The van der Waals surface area contributed by atoms with E-state index in [1.165, 1.54) is 18.9 Å². The predicted octanol–water partition coefficient (Wildman–Crippen LogP) is 3.23. The Morgan fingerprint density at radius 3 is 2.85 bits per heavy atom. The molecule has 0 radical (unpaired) electrons. The van der Waals surface area contributed by atoms with Gasteiger partial charge in [-0.25, -0.2) is 0 Å². The van der Waals surface area contributed by atoms with Crippen molar-refractivity contribution in [1.29, 1.82) is 0 Å². The molecule has 1 saturated carbocycles. The van der Waals surface area contributed by atoms with Crippen LogP contribution in [0.5, 0.6) is 5.75 Å². The SMILES string of the molecule is COc1ccc([N+](=O)[O-])cc1NCC1CC2C=CC1C2. The van der Waals surface area contributed by atoms with Crippen LogP contribution in [0, 0.1) is 27.9 Å². The number of ether oxygens (including phenoxy) is 1. The van der Waals surface area contributed by atoms with E-state index in [-0.39, 0.29) is 10.6 Å². The lowest BCUT2D eigenvalue weighted by Crippen LogP contribution is -2.18. The molecular weight excluding hydrogens is 256 g/mol. The molecule has 2 bridgehead atoms. The van der Waals surface area contributed by atoms with Crippen LogP contribution in [0.3, 0.4) is 0 Å². The molecule has 5 nitrogen and oxygen atoms in total. The van der Waals surface area contributed by atoms with Gasteiger partial charge in [0.25, 0.3) is 5.69 Å². The molecule has 5 heteroatoms. The lowest BCUT2D eigenvalue weighted by molar-refractivity contribution is -0.384. The fraction of sp³-hybridized carbons (Fsp3) is 0.467. The molecular formula is C15H18N2O3. The van der Waals surface area contributed by atoms with Gasteiger partial charge in [0.2, 0.25) is 0 Å². The maximum atomic E-state index is 10.8. The number of hydrogen-bond acceptors (Lipinski definition) is 4. The van der Waals surface area contributed by atoms with Crippen LogP contribution in [0.1, 0.15) is 12.8 Å². The van der Waals surface area contributed by atoms with Crippen LogP contribution in [0.4, 0.5) is 11.4 Å². The smallest absolute Gasteiger partial charge is 0.271 e. The number of hydrogen-bond donors (Lipinski definition) is 1. The largest absolute Gasteiger partial charge is 0.495 e. The van der Waals surface area contributed by atoms with E-state index in [1.54, 1.807) is 19.2 Å². The monoisotopic (exact) mass is 274 g/mol. The molecule has 1 aromatic rings. The van der Waals surface area contributed by atoms with Gasteiger partial charge >= 0.3 is 0 Å². The van der Waals surface area contributed by atoms with Gasteiger partial charge in [-0.15, -0.1) is 0 Å². The van der Waals surface area contributed by atoms with Crippen LogP contribution in [0.15, 0.2) is 30.4 Å². The summed E-state index contributed by atoms with van der Waals surface area (Å²) in [5.74, 6) is 2.67. The Morgan fingerprint density at radius 1 is 1.40 bits per heavy atom. The van der Waals surface area contributed by atoms with Crippen LogP contribution < -0.4 is 10.1 Å². The molecule has 1 fully saturated rings. The van der Waals surface area contributed by atoms with Gasteiger partial charge in [-0.3, -0.25) is 10.1 Å². The minimum absolute atomic E-state index is 0.0844. The van der Waals surface area contributed by atoms with E-state index in [2.05, 4.69) is 17.5 Å². The quantitative estimate of drug-likeness (QED) is 0.508. The second-order valence-corrected chi connectivity index (χ2v) is 5.56. The van der Waals surface area contributed by atoms with Crippen LogP contribution in [0.2, 0.25) is 0 Å². The third-order valence-electron chi connectivity index (χ3n) is 4.36. The van der Waals surface area contributed by atoms with Crippen LogP contribution >= 0.6 is 0 Å². The number of anilines is 1. The van der Waals surface area contributed by atoms with Gasteiger partial charge in [-0.1, -0.05) is 12.2 Å². The summed E-state index contributed by atoms with van der Waals surface area (Å²) in [5, 5.41) is 14.2. The molecule has 1 aromatic carbocycles. The van der Waals surface area contributed by atoms with Crippen LogP contribution in [-0.4, -0.2) is 18.6 Å². The third kappa shape index (κ3) is 2.35. The lowest BCUT2D eigenvalue weighted by atomic mass is 9.93. The second-order valence-electron chi connectivity index (χ2n) is 5.56. The Balaban J connectivity index is 1.71. The number of nitrogens with one attached hydrogen (secondary N) is 1. The number of nitro benzene ring substituents is 1. The summed E-state index contributed by atoms with van der Waals surface area (Å²) >= 11 is 0. The summed E-state index contributed by atoms with van der Waals surface area (Å²) in [5.41, 5.74) is 0.787. The highest BCUT2D eigenvalue weighted by Crippen LogP contribution is 2.43. The zero-order valence-corrected chi connectivity index (χ0v) is 11.4. The Labute approximate surface area is 117 Å². The summed E-state index contributed by atoms with van der Waals surface area (Å²) in [6.45, 7) is 0.836. The van der Waals surface area contributed by atoms with Crippen molar-refractivity contribution in [2.24, 2.45) is 17.8 Å². The number of rotatable bonds is 5. The summed E-state index contributed by atoms with van der Waals surface area (Å²) in [6.07, 6.45) is 7.10. The molecule has 2 aliphatic carbocycles. The fourth-order valence-corrected chi connectivity index (χ4v) is 3.32. The first-order valence-electron chi connectivity index (χ1n) is 6.92. The molecule has 3 unspecified atom stereocenters. The van der Waals surface area contributed by atoms with Gasteiger partial charge in [0.1, 0.15) is 5.75 Å². The molecule has 0 heterocycles. The predicted molar refractivity (Wildman–Crippen MR) is 77.0 cm³/mol. The van der Waals surface area contributed by atoms with Gasteiger partial charge in [-0.05, 0) is 36.7 Å². The third-order valence-corrected chi connectivity index (χ3v) is 4.36. The summed E-state index contributed by atoms with van der Waals surface area (Å²) < 4.78 is 5.26. The molecule has 20 heavy (non-hydrogen) atoms. The van der Waals surface area contributed by atoms with E-state index in [4.69, 9.17) is 4.74 Å². The molecule has 0 spiro atoms. The molecule has 3 rings (SSSR count). The van der Waals surface area contributed by atoms with Crippen molar-refractivity contribution in [3.05, 3.63) is 40.5 Å². The maximum Gasteiger partial charge on any atom is 0.271 e. The van der Waals surface area contributed by atoms with E-state index in [1.807, 2.05) is 0 Å². The highest BCUT2D eigenvalue weighted by molar-refractivity contribution is 5.61. The standard InChI is InChI=1S/C15H18N2O3/c1-20-15-5-4-13(17(18)19)8-14(15)16-9-12-7-10-2-3-11(12)6-10/h2-5,8,10-12,16H,6-7,9H2,1H3. The highest BCUT2D eigenvalue weighted by Gasteiger charge is 2.35. The van der Waals surface area contributed by atoms with Crippen molar-refractivity contribution in [3.8, 4) is 5.75 Å². The number of benzene rings is 1. The Bertz CT molecular complexity index is 556. The van der Waals surface area contributed by atoms with Crippen molar-refractivity contribution in [2.75, 3.05) is 19.0 Å². The van der Waals surface area contributed by atoms with Crippen molar-refractivity contribution in [1.82, 2.24) is 0 Å². The molecule has 2 aliphatic rings. The average molecular weight is 274 g/mol. The minimum Gasteiger partial charge on any atom is -0.495 e. The number of nitro groups is 1. The molecule has 1 N–H and O–H groups in total. The molecule has 0 aromatic heterocycles. The van der Waals surface area contributed by atoms with E-state index in [0.717, 1.165) is 12.5 Å². The second kappa shape index (κ2) is 5.15. The first-order chi connectivity index (χ1) is 9.67. The number of fused-ring (bicyclic) bond motifs is 2. The summed E-state index contributed by atoms with van der Waals surface area (Å²) in [6, 6.07) is 4.65. The fourth-order valence-electron chi connectivity index (χ4n) is 3.32. The average Bonchev–Trinajstić information content (AvgIpc) is 3.07. The first kappa shape index (κ1) is 13.0. The summed E-state index contributed by atoms with van der Waals surface area (Å²) in [4.78, 5) is 10.5. The van der Waals surface area contributed by atoms with E-state index in [0.29, 0.717) is 23.3 Å². The van der Waals surface area contributed by atoms with E-state index >= 15 is 0 Å². The number of methoxy groups -OCH3 is 1. The number of nitrogens with zero attached hydrogens (tertiary/aromatic N) is 1. The van der Waals surface area contributed by atoms with Crippen LogP contribution in [0.25, 0.3) is 0 Å². The molecule has 106 valence electrons. The number of allylic oxidation sites excluding steroid dienone is 2. The highest BCUT2D eigenvalue weighted by atomic mass is 16.6. The van der Waals surface area contributed by atoms with Crippen molar-refractivity contribution in [2.45, 2.75) is 12.8 Å². The van der Waals surface area contributed by atoms with Crippen molar-refractivity contribution < 1.29 is 9.66 Å². The topological polar surface area (TPSA) is 64.4 Å². The van der Waals surface area contributed by atoms with E-state index < -0.39 is 0 Å². The van der Waals surface area contributed by atoms with Gasteiger partial charge in [-0.2, -0.15) is 0 Å². The first-order valence-corrected chi connectivity index (χ1v) is 6.92. The molecule has 3 atom stereocenters. The van der Waals surface area contributed by atoms with Gasteiger partial charge in [0.15, 0.2) is 0 Å². The molecule has 0 saturated heterocycles. The van der Waals surface area contributed by atoms with E-state index in [9.17, 15) is 10.1 Å². The van der Waals surface area contributed by atoms with Crippen LogP contribution in [-0.2, 0) is 0 Å². The number of non-ortho nitro benzene ring substituents is 1. The molecule has 0 aliphatic heterocycles. The molecule has 0 amide bonds. The maximum absolute atomic E-state index is 10.8. The minimum atomic E-state index is -0.384. The van der Waals surface area contributed by atoms with Gasteiger partial charge in [0.05, 0.1) is 17.7 Å². The Morgan fingerprint density at radius 2 is 2.25 bits per heavy atom. The normalized spacial score (nSPS) is 26.8. The van der Waals surface area contributed by atoms with Gasteiger partial charge < -0.3 is 10.1 Å².